The van der Waals surface area contributed by atoms with Crippen LogP contribution >= 0.6 is 0 Å². The van der Waals surface area contributed by atoms with E-state index in [-0.39, 0.29) is 24.0 Å². The summed E-state index contributed by atoms with van der Waals surface area (Å²) >= 11 is 0. The van der Waals surface area contributed by atoms with E-state index in [4.69, 9.17) is 9.47 Å². The fourth-order valence-electron chi connectivity index (χ4n) is 7.69. The van der Waals surface area contributed by atoms with Crippen LogP contribution in [0.25, 0.3) is 0 Å². The molecule has 2 aliphatic carbocycles. The molecule has 0 unspecified atom stereocenters. The number of nitrogens with one attached hydrogen (secondary N) is 1. The molecule has 0 saturated heterocycles. The molecule has 0 bridgehead atoms. The van der Waals surface area contributed by atoms with E-state index in [0.717, 1.165) is 36.9 Å². The van der Waals surface area contributed by atoms with Gasteiger partial charge >= 0.3 is 11.9 Å². The van der Waals surface area contributed by atoms with Crippen molar-refractivity contribution >= 4 is 11.9 Å². The summed E-state index contributed by atoms with van der Waals surface area (Å²) in [5.41, 5.74) is 3.10. The Morgan fingerprint density at radius 2 is 1.67 bits per heavy atom. The molecule has 5 rings (SSSR count). The zero-order valence-electron chi connectivity index (χ0n) is 21.9. The van der Waals surface area contributed by atoms with Crippen LogP contribution in [-0.2, 0) is 30.9 Å². The highest BCUT2D eigenvalue weighted by Gasteiger charge is 2.80. The lowest BCUT2D eigenvalue weighted by Gasteiger charge is -2.73. The Morgan fingerprint density at radius 1 is 0.972 bits per heavy atom. The van der Waals surface area contributed by atoms with Crippen molar-refractivity contribution in [1.29, 1.82) is 0 Å². The standard InChI is InChI=1S/C31H37NO4/c1-5-35-27(33)25-21(3)32-29(4)30(19-13-12-15-22-14-10-11-18-24(22)30)20-31(29,28(34)36-6-2)26(25)23-16-8-7-9-17-23/h7-11,14,16-18,26,32H,5-6,12-13,15,19-20H2,1-4H3/t26-,29+,30-,31+/m1/s1. The molecule has 1 heterocycles. The number of benzene rings is 2. The lowest BCUT2D eigenvalue weighted by molar-refractivity contribution is -0.194. The van der Waals surface area contributed by atoms with Crippen LogP contribution in [0.2, 0.25) is 0 Å². The van der Waals surface area contributed by atoms with E-state index in [2.05, 4.69) is 36.5 Å². The van der Waals surface area contributed by atoms with Crippen LogP contribution in [0.3, 0.4) is 0 Å². The van der Waals surface area contributed by atoms with Gasteiger partial charge in [-0.3, -0.25) is 4.79 Å². The Hall–Kier alpha value is -3.08. The van der Waals surface area contributed by atoms with Crippen LogP contribution in [-0.4, -0.2) is 30.7 Å². The van der Waals surface area contributed by atoms with Crippen molar-refractivity contribution in [3.63, 3.8) is 0 Å². The molecular weight excluding hydrogens is 450 g/mol. The molecule has 0 radical (unpaired) electrons. The minimum absolute atomic E-state index is 0.240. The zero-order chi connectivity index (χ0) is 25.6. The SMILES string of the molecule is CCOC(=O)C1=C(C)N[C@@]2(C)[C@]3(CCCCc4ccccc43)C[C@@]2(C(=O)OCC)[C@@H]1c1ccccc1. The summed E-state index contributed by atoms with van der Waals surface area (Å²) in [6.45, 7) is 8.38. The van der Waals surface area contributed by atoms with Gasteiger partial charge in [0.25, 0.3) is 0 Å². The van der Waals surface area contributed by atoms with Crippen molar-refractivity contribution < 1.29 is 19.1 Å². The molecule has 3 aliphatic rings. The topological polar surface area (TPSA) is 64.6 Å². The lowest BCUT2D eigenvalue weighted by Crippen LogP contribution is -2.83. The molecule has 0 aromatic heterocycles. The number of allylic oxidation sites excluding steroid dienone is 1. The van der Waals surface area contributed by atoms with E-state index < -0.39 is 16.9 Å². The summed E-state index contributed by atoms with van der Waals surface area (Å²) in [5, 5.41) is 3.77. The van der Waals surface area contributed by atoms with E-state index in [1.165, 1.54) is 11.1 Å². The second-order valence-electron chi connectivity index (χ2n) is 10.7. The minimum Gasteiger partial charge on any atom is -0.465 e. The normalized spacial score (nSPS) is 30.8. The van der Waals surface area contributed by atoms with Gasteiger partial charge in [0, 0.05) is 17.0 Å². The highest BCUT2D eigenvalue weighted by Crippen LogP contribution is 2.73. The summed E-state index contributed by atoms with van der Waals surface area (Å²) in [7, 11) is 0. The highest BCUT2D eigenvalue weighted by molar-refractivity contribution is 5.96. The number of esters is 2. The van der Waals surface area contributed by atoms with Crippen molar-refractivity contribution in [2.75, 3.05) is 13.2 Å². The molecule has 5 heteroatoms. The molecule has 1 spiro atoms. The Kier molecular flexibility index (Phi) is 6.22. The van der Waals surface area contributed by atoms with Crippen molar-refractivity contribution in [3.8, 4) is 0 Å². The fraction of sp³-hybridized carbons (Fsp3) is 0.484. The van der Waals surface area contributed by atoms with E-state index in [1.54, 1.807) is 0 Å². The van der Waals surface area contributed by atoms with Crippen LogP contribution in [0.15, 0.2) is 65.9 Å². The Bertz CT molecular complexity index is 1200. The fourth-order valence-corrected chi connectivity index (χ4v) is 7.69. The van der Waals surface area contributed by atoms with Crippen LogP contribution in [0.5, 0.6) is 0 Å². The van der Waals surface area contributed by atoms with Gasteiger partial charge in [0.2, 0.25) is 0 Å². The summed E-state index contributed by atoms with van der Waals surface area (Å²) < 4.78 is 11.4. The Morgan fingerprint density at radius 3 is 2.39 bits per heavy atom. The van der Waals surface area contributed by atoms with E-state index >= 15 is 0 Å². The van der Waals surface area contributed by atoms with Gasteiger partial charge in [-0.25, -0.2) is 4.79 Å². The van der Waals surface area contributed by atoms with Crippen LogP contribution in [0.1, 0.15) is 76.0 Å². The first-order valence-corrected chi connectivity index (χ1v) is 13.3. The van der Waals surface area contributed by atoms with Crippen LogP contribution < -0.4 is 5.32 Å². The molecule has 4 atom stereocenters. The largest absolute Gasteiger partial charge is 0.465 e. The number of aryl methyl sites for hydroxylation is 1. The van der Waals surface area contributed by atoms with Gasteiger partial charge in [-0.05, 0) is 70.1 Å². The first-order chi connectivity index (χ1) is 17.4. The Labute approximate surface area is 214 Å². The summed E-state index contributed by atoms with van der Waals surface area (Å²) in [6, 6.07) is 18.7. The maximum atomic E-state index is 14.2. The number of hydrogen-bond donors (Lipinski definition) is 1. The molecule has 1 saturated carbocycles. The molecule has 1 N–H and O–H groups in total. The van der Waals surface area contributed by atoms with Gasteiger partial charge in [-0.1, -0.05) is 61.0 Å². The first-order valence-electron chi connectivity index (χ1n) is 13.3. The average Bonchev–Trinajstić information content (AvgIpc) is 3.07. The number of rotatable bonds is 5. The number of carbonyl (C=O) groups is 2. The third-order valence-corrected chi connectivity index (χ3v) is 9.15. The summed E-state index contributed by atoms with van der Waals surface area (Å²) in [5.74, 6) is -1.08. The quantitative estimate of drug-likeness (QED) is 0.557. The van der Waals surface area contributed by atoms with Crippen molar-refractivity contribution in [1.82, 2.24) is 5.32 Å². The third kappa shape index (κ3) is 3.21. The number of carbonyl (C=O) groups excluding carboxylic acids is 2. The Balaban J connectivity index is 1.79. The third-order valence-electron chi connectivity index (χ3n) is 9.15. The number of fused-ring (bicyclic) bond motifs is 4. The van der Waals surface area contributed by atoms with E-state index in [1.807, 2.05) is 51.1 Å². The molecule has 190 valence electrons. The maximum absolute atomic E-state index is 14.2. The molecule has 2 aromatic carbocycles. The van der Waals surface area contributed by atoms with E-state index in [9.17, 15) is 9.59 Å². The number of hydrogen-bond acceptors (Lipinski definition) is 5. The smallest absolute Gasteiger partial charge is 0.336 e. The monoisotopic (exact) mass is 487 g/mol. The molecule has 5 nitrogen and oxygen atoms in total. The lowest BCUT2D eigenvalue weighted by atomic mass is 9.33. The van der Waals surface area contributed by atoms with Crippen molar-refractivity contribution in [3.05, 3.63) is 82.6 Å². The van der Waals surface area contributed by atoms with Gasteiger partial charge in [0.05, 0.1) is 24.3 Å². The van der Waals surface area contributed by atoms with Crippen LogP contribution in [0.4, 0.5) is 0 Å². The van der Waals surface area contributed by atoms with Crippen molar-refractivity contribution in [2.45, 2.75) is 76.7 Å². The van der Waals surface area contributed by atoms with Crippen molar-refractivity contribution in [2.24, 2.45) is 5.41 Å². The van der Waals surface area contributed by atoms with Gasteiger partial charge in [0.1, 0.15) is 5.41 Å². The molecule has 0 amide bonds. The van der Waals surface area contributed by atoms with Gasteiger partial charge in [-0.2, -0.15) is 0 Å². The molecule has 2 aromatic rings. The molecular formula is C31H37NO4. The van der Waals surface area contributed by atoms with Gasteiger partial charge in [-0.15, -0.1) is 0 Å². The summed E-state index contributed by atoms with van der Waals surface area (Å²) in [6.07, 6.45) is 4.87. The minimum atomic E-state index is -0.955. The zero-order valence-corrected chi connectivity index (χ0v) is 21.9. The van der Waals surface area contributed by atoms with Gasteiger partial charge < -0.3 is 14.8 Å². The van der Waals surface area contributed by atoms with E-state index in [0.29, 0.717) is 18.6 Å². The number of ether oxygens (including phenoxy) is 2. The van der Waals surface area contributed by atoms with Gasteiger partial charge in [0.15, 0.2) is 0 Å². The second kappa shape index (κ2) is 9.10. The highest BCUT2D eigenvalue weighted by atomic mass is 16.5. The maximum Gasteiger partial charge on any atom is 0.336 e. The average molecular weight is 488 g/mol. The summed E-state index contributed by atoms with van der Waals surface area (Å²) in [4.78, 5) is 27.6. The second-order valence-corrected chi connectivity index (χ2v) is 10.7. The first kappa shape index (κ1) is 24.6. The molecule has 1 fully saturated rings. The molecule has 36 heavy (non-hydrogen) atoms. The van der Waals surface area contributed by atoms with Crippen LogP contribution in [0, 0.1) is 5.41 Å². The predicted octanol–water partition coefficient (Wildman–Crippen LogP) is 5.59. The molecule has 1 aliphatic heterocycles. The predicted molar refractivity (Wildman–Crippen MR) is 139 cm³/mol.